The molecular formula is C9H16N4O. The number of rotatable bonds is 3. The molecule has 2 heterocycles. The monoisotopic (exact) mass is 196 g/mol. The van der Waals surface area contributed by atoms with Gasteiger partial charge in [0.05, 0.1) is 0 Å². The summed E-state index contributed by atoms with van der Waals surface area (Å²) in [6.07, 6.45) is 3.35. The lowest BCUT2D eigenvalue weighted by Gasteiger charge is -2.20. The summed E-state index contributed by atoms with van der Waals surface area (Å²) < 4.78 is 4.74. The van der Waals surface area contributed by atoms with Gasteiger partial charge in [0.15, 0.2) is 5.82 Å². The highest BCUT2D eigenvalue weighted by Gasteiger charge is 2.24. The van der Waals surface area contributed by atoms with Gasteiger partial charge in [-0.05, 0) is 25.9 Å². The van der Waals surface area contributed by atoms with Crippen LogP contribution in [0.3, 0.4) is 0 Å². The third-order valence-corrected chi connectivity index (χ3v) is 2.81. The minimum atomic E-state index is 0.168. The second kappa shape index (κ2) is 3.96. The highest BCUT2D eigenvalue weighted by Crippen LogP contribution is 2.19. The van der Waals surface area contributed by atoms with E-state index in [0.29, 0.717) is 6.04 Å². The molecule has 0 amide bonds. The lowest BCUT2D eigenvalue weighted by atomic mass is 10.1. The molecule has 2 N–H and O–H groups in total. The fraction of sp³-hybridized carbons (Fsp3) is 0.778. The maximum Gasteiger partial charge on any atom is 0.318 e. The number of aromatic nitrogens is 2. The molecule has 1 saturated heterocycles. The molecular weight excluding hydrogens is 180 g/mol. The van der Waals surface area contributed by atoms with Gasteiger partial charge in [0.2, 0.25) is 0 Å². The van der Waals surface area contributed by atoms with Crippen LogP contribution in [0.1, 0.15) is 25.6 Å². The van der Waals surface area contributed by atoms with Gasteiger partial charge in [0.1, 0.15) is 0 Å². The van der Waals surface area contributed by atoms with Gasteiger partial charge in [0.25, 0.3) is 0 Å². The van der Waals surface area contributed by atoms with E-state index in [4.69, 9.17) is 10.3 Å². The SMILES string of the molecule is CCN1CCCC1Cc1noc(N)n1. The zero-order chi connectivity index (χ0) is 9.97. The fourth-order valence-corrected chi connectivity index (χ4v) is 2.10. The maximum absolute atomic E-state index is 5.37. The van der Waals surface area contributed by atoms with Gasteiger partial charge in [-0.3, -0.25) is 0 Å². The van der Waals surface area contributed by atoms with Crippen molar-refractivity contribution in [1.82, 2.24) is 15.0 Å². The number of hydrogen-bond acceptors (Lipinski definition) is 5. The van der Waals surface area contributed by atoms with Crippen LogP contribution in [0.2, 0.25) is 0 Å². The highest BCUT2D eigenvalue weighted by molar-refractivity contribution is 5.08. The highest BCUT2D eigenvalue weighted by atomic mass is 16.5. The van der Waals surface area contributed by atoms with E-state index in [-0.39, 0.29) is 6.01 Å². The molecule has 0 bridgehead atoms. The van der Waals surface area contributed by atoms with E-state index < -0.39 is 0 Å². The van der Waals surface area contributed by atoms with Crippen LogP contribution in [-0.4, -0.2) is 34.2 Å². The third kappa shape index (κ3) is 1.87. The Morgan fingerprint density at radius 2 is 2.50 bits per heavy atom. The van der Waals surface area contributed by atoms with Gasteiger partial charge in [0, 0.05) is 12.5 Å². The summed E-state index contributed by atoms with van der Waals surface area (Å²) in [4.78, 5) is 6.47. The first kappa shape index (κ1) is 9.45. The van der Waals surface area contributed by atoms with Crippen molar-refractivity contribution in [2.24, 2.45) is 0 Å². The summed E-state index contributed by atoms with van der Waals surface area (Å²) in [5.41, 5.74) is 5.37. The van der Waals surface area contributed by atoms with Gasteiger partial charge >= 0.3 is 6.01 Å². The molecule has 0 radical (unpaired) electrons. The summed E-state index contributed by atoms with van der Waals surface area (Å²) >= 11 is 0. The number of nitrogen functional groups attached to an aromatic ring is 1. The summed E-state index contributed by atoms with van der Waals surface area (Å²) in [6, 6.07) is 0.734. The molecule has 78 valence electrons. The zero-order valence-corrected chi connectivity index (χ0v) is 8.44. The molecule has 5 heteroatoms. The van der Waals surface area contributed by atoms with Crippen molar-refractivity contribution in [3.8, 4) is 0 Å². The van der Waals surface area contributed by atoms with Crippen LogP contribution < -0.4 is 5.73 Å². The van der Waals surface area contributed by atoms with Gasteiger partial charge in [-0.15, -0.1) is 0 Å². The molecule has 1 aromatic heterocycles. The number of nitrogens with two attached hydrogens (primary N) is 1. The Morgan fingerprint density at radius 1 is 1.64 bits per heavy atom. The predicted molar refractivity (Wildman–Crippen MR) is 52.7 cm³/mol. The molecule has 0 aromatic carbocycles. The second-order valence-electron chi connectivity index (χ2n) is 3.68. The van der Waals surface area contributed by atoms with Gasteiger partial charge < -0.3 is 15.2 Å². The van der Waals surface area contributed by atoms with E-state index in [1.165, 1.54) is 19.4 Å². The lowest BCUT2D eigenvalue weighted by Crippen LogP contribution is -2.31. The Hall–Kier alpha value is -1.10. The van der Waals surface area contributed by atoms with Crippen LogP contribution >= 0.6 is 0 Å². The predicted octanol–water partition coefficient (Wildman–Crippen LogP) is 0.679. The molecule has 1 atom stereocenters. The van der Waals surface area contributed by atoms with Crippen LogP contribution in [0.15, 0.2) is 4.52 Å². The van der Waals surface area contributed by atoms with Crippen molar-refractivity contribution in [2.75, 3.05) is 18.8 Å². The van der Waals surface area contributed by atoms with E-state index >= 15 is 0 Å². The fourth-order valence-electron chi connectivity index (χ4n) is 2.10. The average Bonchev–Trinajstić information content (AvgIpc) is 2.76. The maximum atomic E-state index is 5.37. The van der Waals surface area contributed by atoms with Crippen LogP contribution in [0, 0.1) is 0 Å². The first-order valence-corrected chi connectivity index (χ1v) is 5.11. The number of likely N-dealkylation sites (N-methyl/N-ethyl adjacent to an activating group) is 1. The Kier molecular flexibility index (Phi) is 2.67. The lowest BCUT2D eigenvalue weighted by molar-refractivity contribution is 0.261. The van der Waals surface area contributed by atoms with Crippen LogP contribution in [-0.2, 0) is 6.42 Å². The van der Waals surface area contributed by atoms with E-state index in [1.54, 1.807) is 0 Å². The van der Waals surface area contributed by atoms with E-state index in [0.717, 1.165) is 18.8 Å². The summed E-state index contributed by atoms with van der Waals surface area (Å²) in [5.74, 6) is 0.729. The van der Waals surface area contributed by atoms with Crippen molar-refractivity contribution in [3.63, 3.8) is 0 Å². The standard InChI is InChI=1S/C9H16N4O/c1-2-13-5-3-4-7(13)6-8-11-9(10)14-12-8/h7H,2-6H2,1H3,(H2,10,11,12). The van der Waals surface area contributed by atoms with E-state index in [9.17, 15) is 0 Å². The molecule has 2 rings (SSSR count). The molecule has 0 aliphatic carbocycles. The third-order valence-electron chi connectivity index (χ3n) is 2.81. The average molecular weight is 196 g/mol. The molecule has 14 heavy (non-hydrogen) atoms. The normalized spacial score (nSPS) is 23.1. The zero-order valence-electron chi connectivity index (χ0n) is 8.44. The van der Waals surface area contributed by atoms with E-state index in [1.807, 2.05) is 0 Å². The molecule has 1 aromatic rings. The van der Waals surface area contributed by atoms with Crippen molar-refractivity contribution < 1.29 is 4.52 Å². The smallest absolute Gasteiger partial charge is 0.318 e. The number of likely N-dealkylation sites (tertiary alicyclic amines) is 1. The molecule has 1 unspecified atom stereocenters. The Morgan fingerprint density at radius 3 is 3.14 bits per heavy atom. The van der Waals surface area contributed by atoms with Crippen LogP contribution in [0.5, 0.6) is 0 Å². The van der Waals surface area contributed by atoms with Gasteiger partial charge in [-0.25, -0.2) is 0 Å². The molecule has 1 aliphatic rings. The van der Waals surface area contributed by atoms with Gasteiger partial charge in [-0.2, -0.15) is 4.98 Å². The molecule has 0 saturated carbocycles. The second-order valence-corrected chi connectivity index (χ2v) is 3.68. The Labute approximate surface area is 83.3 Å². The Bertz CT molecular complexity index is 299. The first-order valence-electron chi connectivity index (χ1n) is 5.11. The number of anilines is 1. The molecule has 5 nitrogen and oxygen atoms in total. The summed E-state index contributed by atoms with van der Waals surface area (Å²) in [6.45, 7) is 4.47. The van der Waals surface area contributed by atoms with Crippen LogP contribution in [0.25, 0.3) is 0 Å². The van der Waals surface area contributed by atoms with Crippen molar-refractivity contribution in [3.05, 3.63) is 5.82 Å². The van der Waals surface area contributed by atoms with E-state index in [2.05, 4.69) is 22.0 Å². The number of hydrogen-bond donors (Lipinski definition) is 1. The first-order chi connectivity index (χ1) is 6.79. The van der Waals surface area contributed by atoms with Gasteiger partial charge in [-0.1, -0.05) is 12.1 Å². The molecule has 1 aliphatic heterocycles. The molecule has 0 spiro atoms. The van der Waals surface area contributed by atoms with Crippen molar-refractivity contribution >= 4 is 6.01 Å². The minimum absolute atomic E-state index is 0.168. The van der Waals surface area contributed by atoms with Crippen molar-refractivity contribution in [1.29, 1.82) is 0 Å². The van der Waals surface area contributed by atoms with Crippen LogP contribution in [0.4, 0.5) is 6.01 Å². The summed E-state index contributed by atoms with van der Waals surface area (Å²) in [7, 11) is 0. The largest absolute Gasteiger partial charge is 0.351 e. The topological polar surface area (TPSA) is 68.2 Å². The van der Waals surface area contributed by atoms with Crippen molar-refractivity contribution in [2.45, 2.75) is 32.2 Å². The summed E-state index contributed by atoms with van der Waals surface area (Å²) in [5, 5.41) is 3.81. The Balaban J connectivity index is 1.96. The molecule has 1 fully saturated rings. The quantitative estimate of drug-likeness (QED) is 0.769. The number of nitrogens with zero attached hydrogens (tertiary/aromatic N) is 3. The minimum Gasteiger partial charge on any atom is -0.351 e.